The topological polar surface area (TPSA) is 83.7 Å². The van der Waals surface area contributed by atoms with Crippen molar-refractivity contribution in [2.24, 2.45) is 0 Å². The van der Waals surface area contributed by atoms with Gasteiger partial charge in [0.05, 0.1) is 4.92 Å². The van der Waals surface area contributed by atoms with Crippen molar-refractivity contribution < 1.29 is 14.8 Å². The van der Waals surface area contributed by atoms with Crippen LogP contribution in [0.2, 0.25) is 0 Å². The fourth-order valence-electron chi connectivity index (χ4n) is 1.55. The first-order valence-electron chi connectivity index (χ1n) is 5.28. The van der Waals surface area contributed by atoms with Gasteiger partial charge in [-0.25, -0.2) is 0 Å². The van der Waals surface area contributed by atoms with Crippen molar-refractivity contribution in [1.82, 2.24) is 0 Å². The van der Waals surface area contributed by atoms with Crippen LogP contribution in [0.4, 0.5) is 11.4 Å². The molecular formula is C11H13IN2O4. The second-order valence-corrected chi connectivity index (χ2v) is 5.05. The largest absolute Gasteiger partial charge is 0.481 e. The second-order valence-electron chi connectivity index (χ2n) is 3.81. The SMILES string of the molecule is CN(CCCC(=O)O)c1ccc(I)cc1[N+](=O)[O-]. The van der Waals surface area contributed by atoms with Crippen LogP contribution in [-0.2, 0) is 4.79 Å². The molecule has 0 amide bonds. The van der Waals surface area contributed by atoms with Gasteiger partial charge in [0.25, 0.3) is 5.69 Å². The number of hydrogen-bond acceptors (Lipinski definition) is 4. The van der Waals surface area contributed by atoms with E-state index >= 15 is 0 Å². The molecule has 1 aromatic rings. The summed E-state index contributed by atoms with van der Waals surface area (Å²) in [5, 5.41) is 19.5. The van der Waals surface area contributed by atoms with Crippen molar-refractivity contribution in [3.63, 3.8) is 0 Å². The van der Waals surface area contributed by atoms with E-state index in [1.807, 2.05) is 22.6 Å². The Morgan fingerprint density at radius 3 is 2.78 bits per heavy atom. The number of carbonyl (C=O) groups is 1. The average Bonchev–Trinajstić information content (AvgIpc) is 2.28. The molecule has 0 heterocycles. The summed E-state index contributed by atoms with van der Waals surface area (Å²) in [6.07, 6.45) is 0.511. The Morgan fingerprint density at radius 1 is 1.56 bits per heavy atom. The van der Waals surface area contributed by atoms with Gasteiger partial charge < -0.3 is 10.0 Å². The normalized spacial score (nSPS) is 10.1. The van der Waals surface area contributed by atoms with Crippen molar-refractivity contribution in [3.8, 4) is 0 Å². The molecule has 0 spiro atoms. The smallest absolute Gasteiger partial charge is 0.303 e. The van der Waals surface area contributed by atoms with Gasteiger partial charge in [0, 0.05) is 29.6 Å². The molecule has 0 aliphatic heterocycles. The van der Waals surface area contributed by atoms with Gasteiger partial charge in [0.15, 0.2) is 0 Å². The Kier molecular flexibility index (Phi) is 5.32. The Morgan fingerprint density at radius 2 is 2.22 bits per heavy atom. The minimum absolute atomic E-state index is 0.0414. The number of nitrogens with zero attached hydrogens (tertiary/aromatic N) is 2. The predicted molar refractivity (Wildman–Crippen MR) is 76.0 cm³/mol. The summed E-state index contributed by atoms with van der Waals surface area (Å²) in [5.74, 6) is -0.861. The molecule has 0 fully saturated rings. The van der Waals surface area contributed by atoms with E-state index in [-0.39, 0.29) is 12.1 Å². The number of anilines is 1. The molecule has 98 valence electrons. The highest BCUT2D eigenvalue weighted by atomic mass is 127. The van der Waals surface area contributed by atoms with Crippen LogP contribution in [0.3, 0.4) is 0 Å². The molecule has 0 saturated heterocycles. The Labute approximate surface area is 118 Å². The molecule has 0 atom stereocenters. The molecule has 0 aromatic heterocycles. The molecule has 0 aliphatic carbocycles. The van der Waals surface area contributed by atoms with Crippen LogP contribution in [0.5, 0.6) is 0 Å². The van der Waals surface area contributed by atoms with Gasteiger partial charge in [-0.1, -0.05) is 0 Å². The molecule has 6 nitrogen and oxygen atoms in total. The first kappa shape index (κ1) is 14.7. The standard InChI is InChI=1S/C11H13IN2O4/c1-13(6-2-3-11(15)16)9-5-4-8(12)7-10(9)14(17)18/h4-5,7H,2-3,6H2,1H3,(H,15,16). The van der Waals surface area contributed by atoms with Crippen molar-refractivity contribution in [2.75, 3.05) is 18.5 Å². The summed E-state index contributed by atoms with van der Waals surface area (Å²) in [6.45, 7) is 0.466. The van der Waals surface area contributed by atoms with Crippen molar-refractivity contribution in [3.05, 3.63) is 31.9 Å². The monoisotopic (exact) mass is 364 g/mol. The summed E-state index contributed by atoms with van der Waals surface area (Å²) in [7, 11) is 1.72. The number of halogens is 1. The van der Waals surface area contributed by atoms with Crippen molar-refractivity contribution >= 4 is 39.9 Å². The lowest BCUT2D eigenvalue weighted by Crippen LogP contribution is -2.20. The molecule has 0 unspecified atom stereocenters. The zero-order valence-electron chi connectivity index (χ0n) is 9.80. The summed E-state index contributed by atoms with van der Waals surface area (Å²) in [4.78, 5) is 22.6. The third kappa shape index (κ3) is 4.13. The highest BCUT2D eigenvalue weighted by molar-refractivity contribution is 14.1. The Balaban J connectivity index is 2.81. The van der Waals surface area contributed by atoms with Crippen molar-refractivity contribution in [2.45, 2.75) is 12.8 Å². The fourth-order valence-corrected chi connectivity index (χ4v) is 2.03. The van der Waals surface area contributed by atoms with E-state index in [0.29, 0.717) is 18.7 Å². The van der Waals surface area contributed by atoms with E-state index in [0.717, 1.165) is 3.57 Å². The van der Waals surface area contributed by atoms with E-state index < -0.39 is 10.9 Å². The van der Waals surface area contributed by atoms with E-state index in [2.05, 4.69) is 0 Å². The summed E-state index contributed by atoms with van der Waals surface area (Å²) >= 11 is 2.02. The van der Waals surface area contributed by atoms with Crippen LogP contribution >= 0.6 is 22.6 Å². The lowest BCUT2D eigenvalue weighted by Gasteiger charge is -2.18. The van der Waals surface area contributed by atoms with Gasteiger partial charge >= 0.3 is 5.97 Å². The van der Waals surface area contributed by atoms with Crippen LogP contribution in [0.15, 0.2) is 18.2 Å². The Bertz CT molecular complexity index is 464. The molecule has 0 saturated carbocycles. The van der Waals surface area contributed by atoms with Gasteiger partial charge in [-0.05, 0) is 41.1 Å². The van der Waals surface area contributed by atoms with E-state index in [1.165, 1.54) is 6.07 Å². The third-order valence-corrected chi connectivity index (χ3v) is 3.10. The van der Waals surface area contributed by atoms with Crippen LogP contribution in [0, 0.1) is 13.7 Å². The van der Waals surface area contributed by atoms with Crippen molar-refractivity contribution in [1.29, 1.82) is 0 Å². The van der Waals surface area contributed by atoms with Gasteiger partial charge in [-0.15, -0.1) is 0 Å². The summed E-state index contributed by atoms with van der Waals surface area (Å²) in [5.41, 5.74) is 0.547. The first-order chi connectivity index (χ1) is 8.41. The molecule has 0 radical (unpaired) electrons. The van der Waals surface area contributed by atoms with Crippen LogP contribution in [-0.4, -0.2) is 29.6 Å². The van der Waals surface area contributed by atoms with E-state index in [1.54, 1.807) is 24.1 Å². The number of aliphatic carboxylic acids is 1. The number of benzene rings is 1. The molecule has 0 aliphatic rings. The number of carboxylic acid groups (broad SMARTS) is 1. The van der Waals surface area contributed by atoms with Gasteiger partial charge in [-0.2, -0.15) is 0 Å². The van der Waals surface area contributed by atoms with Crippen LogP contribution in [0.25, 0.3) is 0 Å². The van der Waals surface area contributed by atoms with E-state index in [9.17, 15) is 14.9 Å². The molecule has 1 rings (SSSR count). The Hall–Kier alpha value is -1.38. The first-order valence-corrected chi connectivity index (χ1v) is 6.36. The highest BCUT2D eigenvalue weighted by Crippen LogP contribution is 2.29. The fraction of sp³-hybridized carbons (Fsp3) is 0.364. The maximum absolute atomic E-state index is 10.9. The second kappa shape index (κ2) is 6.53. The summed E-state index contributed by atoms with van der Waals surface area (Å²) < 4.78 is 0.794. The number of nitro benzene ring substituents is 1. The van der Waals surface area contributed by atoms with Gasteiger partial charge in [0.1, 0.15) is 5.69 Å². The molecular weight excluding hydrogens is 351 g/mol. The molecule has 1 N–H and O–H groups in total. The molecule has 7 heteroatoms. The number of carboxylic acids is 1. The van der Waals surface area contributed by atoms with Crippen LogP contribution < -0.4 is 4.90 Å². The molecule has 0 bridgehead atoms. The molecule has 18 heavy (non-hydrogen) atoms. The lowest BCUT2D eigenvalue weighted by atomic mass is 10.2. The minimum atomic E-state index is -0.861. The minimum Gasteiger partial charge on any atom is -0.481 e. The van der Waals surface area contributed by atoms with Gasteiger partial charge in [0.2, 0.25) is 0 Å². The lowest BCUT2D eigenvalue weighted by molar-refractivity contribution is -0.384. The number of nitro groups is 1. The zero-order chi connectivity index (χ0) is 13.7. The van der Waals surface area contributed by atoms with Gasteiger partial charge in [-0.3, -0.25) is 14.9 Å². The highest BCUT2D eigenvalue weighted by Gasteiger charge is 2.17. The summed E-state index contributed by atoms with van der Waals surface area (Å²) in [6, 6.07) is 4.97. The predicted octanol–water partition coefficient (Wildman–Crippen LogP) is 2.50. The number of rotatable bonds is 6. The van der Waals surface area contributed by atoms with E-state index in [4.69, 9.17) is 5.11 Å². The maximum Gasteiger partial charge on any atom is 0.303 e. The van der Waals surface area contributed by atoms with Crippen LogP contribution in [0.1, 0.15) is 12.8 Å². The third-order valence-electron chi connectivity index (χ3n) is 2.43. The quantitative estimate of drug-likeness (QED) is 0.476. The zero-order valence-corrected chi connectivity index (χ0v) is 12.0. The average molecular weight is 364 g/mol. The number of hydrogen-bond donors (Lipinski definition) is 1. The maximum atomic E-state index is 10.9. The molecule has 1 aromatic carbocycles.